The molecule has 0 saturated carbocycles. The maximum atomic E-state index is 10.6. The van der Waals surface area contributed by atoms with Crippen LogP contribution in [0.4, 0.5) is 0 Å². The molecule has 0 unspecified atom stereocenters. The first kappa shape index (κ1) is 22.0. The molecule has 0 aliphatic carbocycles. The van der Waals surface area contributed by atoms with E-state index in [2.05, 4.69) is 10.9 Å². The fourth-order valence-corrected chi connectivity index (χ4v) is 4.69. The van der Waals surface area contributed by atoms with Crippen molar-refractivity contribution in [1.29, 1.82) is 0 Å². The van der Waals surface area contributed by atoms with Crippen LogP contribution < -0.4 is 10.9 Å². The molecule has 2 aliphatic heterocycles. The Kier molecular flexibility index (Phi) is 8.70. The highest BCUT2D eigenvalue weighted by Gasteiger charge is 2.47. The van der Waals surface area contributed by atoms with Crippen LogP contribution in [0.2, 0.25) is 0 Å². The van der Waals surface area contributed by atoms with Gasteiger partial charge in [-0.15, -0.1) is 0 Å². The topological polar surface area (TPSA) is 79.8 Å². The summed E-state index contributed by atoms with van der Waals surface area (Å²) >= 11 is 5.25. The van der Waals surface area contributed by atoms with Crippen molar-refractivity contribution in [3.8, 4) is 0 Å². The van der Waals surface area contributed by atoms with E-state index in [1.165, 1.54) is 0 Å². The molecule has 6 nitrogen and oxygen atoms in total. The number of carboxylic acid groups (broad SMARTS) is 1. The Hall–Kier alpha value is -1.70. The third-order valence-corrected chi connectivity index (χ3v) is 6.23. The zero-order valence-corrected chi connectivity index (χ0v) is 17.7. The van der Waals surface area contributed by atoms with E-state index >= 15 is 0 Å². The lowest BCUT2D eigenvalue weighted by molar-refractivity contribution is -0.137. The van der Waals surface area contributed by atoms with Gasteiger partial charge in [0.1, 0.15) is 6.61 Å². The normalized spacial score (nSPS) is 25.1. The Morgan fingerprint density at radius 3 is 2.59 bits per heavy atom. The number of hydrazine groups is 1. The van der Waals surface area contributed by atoms with Crippen molar-refractivity contribution in [2.45, 2.75) is 70.2 Å². The van der Waals surface area contributed by atoms with Crippen LogP contribution in [-0.2, 0) is 20.9 Å². The quantitative estimate of drug-likeness (QED) is 0.270. The summed E-state index contributed by atoms with van der Waals surface area (Å²) in [5.74, 6) is 0.356. The molecule has 0 radical (unpaired) electrons. The van der Waals surface area contributed by atoms with Gasteiger partial charge in [0.15, 0.2) is 0 Å². The summed E-state index contributed by atoms with van der Waals surface area (Å²) in [5, 5.41) is 9.07. The molecule has 3 N–H and O–H groups in total. The van der Waals surface area contributed by atoms with Gasteiger partial charge in [-0.05, 0) is 49.4 Å². The van der Waals surface area contributed by atoms with E-state index in [0.29, 0.717) is 35.8 Å². The molecule has 0 amide bonds. The molecule has 0 aromatic heterocycles. The molecule has 7 heteroatoms. The Morgan fingerprint density at radius 1 is 1.10 bits per heavy atom. The lowest BCUT2D eigenvalue weighted by Crippen LogP contribution is -2.44. The maximum absolute atomic E-state index is 10.6. The molecule has 2 fully saturated rings. The molecule has 2 aliphatic rings. The molecule has 1 aromatic rings. The van der Waals surface area contributed by atoms with Crippen molar-refractivity contribution in [2.24, 2.45) is 11.8 Å². The molecule has 2 bridgehead atoms. The minimum Gasteiger partial charge on any atom is -0.481 e. The van der Waals surface area contributed by atoms with Crippen molar-refractivity contribution in [3.05, 3.63) is 35.9 Å². The molecule has 3 rings (SSSR count). The number of hydrogen-bond donors (Lipinski definition) is 3. The number of carboxylic acids is 1. The highest BCUT2D eigenvalue weighted by molar-refractivity contribution is 7.80. The summed E-state index contributed by atoms with van der Waals surface area (Å²) in [4.78, 5) is 10.6. The Bertz CT molecular complexity index is 657. The van der Waals surface area contributed by atoms with Crippen molar-refractivity contribution in [1.82, 2.24) is 10.9 Å². The second-order valence-corrected chi connectivity index (χ2v) is 8.40. The van der Waals surface area contributed by atoms with Gasteiger partial charge in [0.05, 0.1) is 12.2 Å². The van der Waals surface area contributed by atoms with Crippen molar-refractivity contribution >= 4 is 23.4 Å². The number of carbonyl (C=O) groups is 1. The molecule has 2 saturated heterocycles. The number of aliphatic carboxylic acids is 1. The number of nitrogens with one attached hydrogen (secondary N) is 2. The molecular formula is C22H32N2O4S. The average molecular weight is 421 g/mol. The highest BCUT2D eigenvalue weighted by Crippen LogP contribution is 2.45. The monoisotopic (exact) mass is 420 g/mol. The number of hydrogen-bond acceptors (Lipinski definition) is 5. The van der Waals surface area contributed by atoms with Crippen LogP contribution in [0.5, 0.6) is 0 Å². The predicted molar refractivity (Wildman–Crippen MR) is 115 cm³/mol. The van der Waals surface area contributed by atoms with Crippen LogP contribution in [0.25, 0.3) is 0 Å². The van der Waals surface area contributed by atoms with Gasteiger partial charge in [-0.3, -0.25) is 10.2 Å². The number of fused-ring (bicyclic) bond motifs is 2. The second kappa shape index (κ2) is 11.5. The minimum absolute atomic E-state index is 0.279. The molecule has 2 heterocycles. The van der Waals surface area contributed by atoms with Crippen LogP contribution in [0.3, 0.4) is 0 Å². The van der Waals surface area contributed by atoms with E-state index in [1.807, 2.05) is 30.3 Å². The summed E-state index contributed by atoms with van der Waals surface area (Å²) in [6.07, 6.45) is 8.45. The van der Waals surface area contributed by atoms with E-state index in [4.69, 9.17) is 26.8 Å². The van der Waals surface area contributed by atoms with Crippen molar-refractivity contribution in [2.75, 3.05) is 6.54 Å². The number of ether oxygens (including phenoxy) is 2. The number of rotatable bonds is 12. The summed E-state index contributed by atoms with van der Waals surface area (Å²) in [6.45, 7) is 1.26. The van der Waals surface area contributed by atoms with E-state index in [9.17, 15) is 4.79 Å². The zero-order chi connectivity index (χ0) is 20.5. The molecule has 29 heavy (non-hydrogen) atoms. The van der Waals surface area contributed by atoms with Crippen LogP contribution in [-0.4, -0.2) is 35.0 Å². The summed E-state index contributed by atoms with van der Waals surface area (Å²) in [7, 11) is 0. The molecule has 160 valence electrons. The molecule has 4 atom stereocenters. The van der Waals surface area contributed by atoms with E-state index in [0.717, 1.165) is 57.1 Å². The first-order valence-electron chi connectivity index (χ1n) is 10.7. The van der Waals surface area contributed by atoms with Gasteiger partial charge in [0.25, 0.3) is 5.17 Å². The van der Waals surface area contributed by atoms with Crippen molar-refractivity contribution in [3.63, 3.8) is 0 Å². The van der Waals surface area contributed by atoms with Gasteiger partial charge in [0.2, 0.25) is 0 Å². The predicted octanol–water partition coefficient (Wildman–Crippen LogP) is 3.80. The lowest BCUT2D eigenvalue weighted by Gasteiger charge is -2.28. The minimum atomic E-state index is -0.698. The van der Waals surface area contributed by atoms with Crippen molar-refractivity contribution < 1.29 is 19.4 Å². The number of benzene rings is 1. The van der Waals surface area contributed by atoms with Crippen LogP contribution in [0.1, 0.15) is 56.9 Å². The summed E-state index contributed by atoms with van der Waals surface area (Å²) < 4.78 is 11.7. The third-order valence-electron chi connectivity index (χ3n) is 6.01. The molecule has 1 aromatic carbocycles. The lowest BCUT2D eigenvalue weighted by atomic mass is 9.76. The molecular weight excluding hydrogens is 388 g/mol. The highest BCUT2D eigenvalue weighted by atomic mass is 32.1. The van der Waals surface area contributed by atoms with Gasteiger partial charge in [-0.2, -0.15) is 0 Å². The van der Waals surface area contributed by atoms with Crippen LogP contribution in [0, 0.1) is 11.8 Å². The van der Waals surface area contributed by atoms with Gasteiger partial charge in [0, 0.05) is 18.9 Å². The average Bonchev–Trinajstić information content (AvgIpc) is 3.32. The van der Waals surface area contributed by atoms with E-state index in [-0.39, 0.29) is 6.42 Å². The molecule has 0 spiro atoms. The Labute approximate surface area is 178 Å². The van der Waals surface area contributed by atoms with E-state index in [1.54, 1.807) is 0 Å². The fraction of sp³-hybridized carbons (Fsp3) is 0.636. The van der Waals surface area contributed by atoms with E-state index < -0.39 is 5.97 Å². The Balaban J connectivity index is 1.33. The Morgan fingerprint density at radius 2 is 1.83 bits per heavy atom. The second-order valence-electron chi connectivity index (χ2n) is 8.03. The maximum Gasteiger partial charge on any atom is 0.303 e. The van der Waals surface area contributed by atoms with Gasteiger partial charge < -0.3 is 14.6 Å². The third kappa shape index (κ3) is 6.94. The van der Waals surface area contributed by atoms with Gasteiger partial charge >= 0.3 is 5.97 Å². The SMILES string of the molecule is O=C(O)CCCCCC[C@@H]1[C@@H](CNNC(=S)OCc2ccccc2)[C@H]2CC[C@@H]1O2. The fourth-order valence-electron chi connectivity index (χ4n) is 4.56. The number of unbranched alkanes of at least 4 members (excludes halogenated alkanes) is 3. The smallest absolute Gasteiger partial charge is 0.303 e. The summed E-state index contributed by atoms with van der Waals surface area (Å²) in [6, 6.07) is 9.96. The standard InChI is InChI=1S/C22H32N2O4S/c25-21(26)11-7-2-1-6-10-17-18(20-13-12-19(17)28-20)14-23-24-22(29)27-15-16-8-4-3-5-9-16/h3-5,8-9,17-20,23H,1-2,6-7,10-15H2,(H,24,29)(H,25,26)/t17-,18-,19+,20-/m1/s1. The largest absolute Gasteiger partial charge is 0.481 e. The van der Waals surface area contributed by atoms with Crippen LogP contribution >= 0.6 is 12.2 Å². The number of thiocarbonyl (C=S) groups is 1. The van der Waals surface area contributed by atoms with Gasteiger partial charge in [-0.1, -0.05) is 49.6 Å². The van der Waals surface area contributed by atoms with Gasteiger partial charge in [-0.25, -0.2) is 5.43 Å². The van der Waals surface area contributed by atoms with Crippen LogP contribution in [0.15, 0.2) is 30.3 Å². The summed E-state index contributed by atoms with van der Waals surface area (Å²) in [5.41, 5.74) is 7.33. The zero-order valence-electron chi connectivity index (χ0n) is 16.8. The first-order chi connectivity index (χ1) is 14.1. The first-order valence-corrected chi connectivity index (χ1v) is 11.1.